The lowest BCUT2D eigenvalue weighted by Crippen LogP contribution is -2.37. The molecule has 10 nitrogen and oxygen atoms in total. The standard InChI is InChI=1S/C26H24N8O2/c1-18-3-2-4-20(13-18)15-29-32-24-23-25(31-26(30-24)33-9-11-36-12-10-33)34(17-28-23)16-22(35)21-7-5-19(14-27)6-8-21/h2-8,13,15,17H,9-12,16H2,1H3,(H,30,31,32). The van der Waals surface area contributed by atoms with Crippen molar-refractivity contribution in [3.63, 3.8) is 0 Å². The van der Waals surface area contributed by atoms with E-state index in [1.165, 1.54) is 0 Å². The lowest BCUT2D eigenvalue weighted by Gasteiger charge is -2.27. The van der Waals surface area contributed by atoms with Gasteiger partial charge in [-0.15, -0.1) is 0 Å². The van der Waals surface area contributed by atoms with Crippen LogP contribution in [0.5, 0.6) is 0 Å². The summed E-state index contributed by atoms with van der Waals surface area (Å²) >= 11 is 0. The van der Waals surface area contributed by atoms with Crippen molar-refractivity contribution in [3.05, 3.63) is 77.1 Å². The number of aryl methyl sites for hydroxylation is 1. The number of rotatable bonds is 7. The molecule has 4 aromatic rings. The van der Waals surface area contributed by atoms with Gasteiger partial charge in [0.1, 0.15) is 0 Å². The second-order valence-electron chi connectivity index (χ2n) is 8.41. The summed E-state index contributed by atoms with van der Waals surface area (Å²) in [5.41, 5.74) is 7.18. The highest BCUT2D eigenvalue weighted by atomic mass is 16.5. The maximum atomic E-state index is 12.9. The zero-order valence-corrected chi connectivity index (χ0v) is 19.8. The Bertz CT molecular complexity index is 1460. The number of imidazole rings is 1. The first kappa shape index (κ1) is 23.1. The molecule has 2 aromatic heterocycles. The van der Waals surface area contributed by atoms with Crippen molar-refractivity contribution >= 4 is 34.9 Å². The number of hydrogen-bond donors (Lipinski definition) is 1. The van der Waals surface area contributed by atoms with E-state index in [0.29, 0.717) is 60.4 Å². The first-order valence-corrected chi connectivity index (χ1v) is 11.6. The molecular formula is C26H24N8O2. The van der Waals surface area contributed by atoms with Crippen LogP contribution in [0.25, 0.3) is 11.2 Å². The number of nitrogens with zero attached hydrogens (tertiary/aromatic N) is 7. The second kappa shape index (κ2) is 10.3. The molecule has 2 aromatic carbocycles. The summed E-state index contributed by atoms with van der Waals surface area (Å²) in [6.07, 6.45) is 3.31. The number of nitrogens with one attached hydrogen (secondary N) is 1. The maximum absolute atomic E-state index is 12.9. The van der Waals surface area contributed by atoms with Crippen molar-refractivity contribution < 1.29 is 9.53 Å². The highest BCUT2D eigenvalue weighted by Gasteiger charge is 2.20. The minimum atomic E-state index is -0.114. The van der Waals surface area contributed by atoms with Crippen LogP contribution in [-0.2, 0) is 11.3 Å². The van der Waals surface area contributed by atoms with Crippen LogP contribution < -0.4 is 10.3 Å². The summed E-state index contributed by atoms with van der Waals surface area (Å²) in [4.78, 5) is 28.9. The van der Waals surface area contributed by atoms with Gasteiger partial charge in [-0.2, -0.15) is 20.3 Å². The van der Waals surface area contributed by atoms with Crippen LogP contribution >= 0.6 is 0 Å². The number of aromatic nitrogens is 4. The van der Waals surface area contributed by atoms with Gasteiger partial charge in [-0.05, 0) is 24.6 Å². The molecule has 0 bridgehead atoms. The predicted molar refractivity (Wildman–Crippen MR) is 136 cm³/mol. The number of ketones is 1. The van der Waals surface area contributed by atoms with Crippen molar-refractivity contribution in [1.29, 1.82) is 5.26 Å². The highest BCUT2D eigenvalue weighted by molar-refractivity contribution is 5.97. The van der Waals surface area contributed by atoms with Crippen molar-refractivity contribution in [2.75, 3.05) is 36.6 Å². The van der Waals surface area contributed by atoms with Crippen LogP contribution in [0.4, 0.5) is 11.8 Å². The Morgan fingerprint density at radius 2 is 2.00 bits per heavy atom. The minimum absolute atomic E-state index is 0.0496. The van der Waals surface area contributed by atoms with Crippen molar-refractivity contribution in [3.8, 4) is 6.07 Å². The van der Waals surface area contributed by atoms with E-state index < -0.39 is 0 Å². The predicted octanol–water partition coefficient (Wildman–Crippen LogP) is 3.17. The molecular weight excluding hydrogens is 456 g/mol. The molecule has 0 amide bonds. The molecule has 1 saturated heterocycles. The van der Waals surface area contributed by atoms with Crippen molar-refractivity contribution in [1.82, 2.24) is 19.5 Å². The molecule has 0 atom stereocenters. The lowest BCUT2D eigenvalue weighted by molar-refractivity contribution is 0.0973. The Labute approximate surface area is 207 Å². The molecule has 0 unspecified atom stereocenters. The van der Waals surface area contributed by atoms with E-state index in [-0.39, 0.29) is 12.3 Å². The first-order chi connectivity index (χ1) is 17.6. The van der Waals surface area contributed by atoms with Crippen LogP contribution in [0.2, 0.25) is 0 Å². The average molecular weight is 481 g/mol. The lowest BCUT2D eigenvalue weighted by atomic mass is 10.1. The Morgan fingerprint density at radius 3 is 2.75 bits per heavy atom. The first-order valence-electron chi connectivity index (χ1n) is 11.6. The van der Waals surface area contributed by atoms with E-state index in [4.69, 9.17) is 15.0 Å². The number of fused-ring (bicyclic) bond motifs is 1. The minimum Gasteiger partial charge on any atom is -0.378 e. The van der Waals surface area contributed by atoms with Gasteiger partial charge in [-0.25, -0.2) is 4.98 Å². The largest absolute Gasteiger partial charge is 0.378 e. The molecule has 0 aliphatic carbocycles. The molecule has 1 aliphatic rings. The van der Waals surface area contributed by atoms with Gasteiger partial charge in [-0.1, -0.05) is 42.0 Å². The fourth-order valence-corrected chi connectivity index (χ4v) is 3.93. The van der Waals surface area contributed by atoms with Gasteiger partial charge < -0.3 is 14.2 Å². The topological polar surface area (TPSA) is 121 Å². The van der Waals surface area contributed by atoms with Crippen LogP contribution in [-0.4, -0.2) is 57.8 Å². The van der Waals surface area contributed by atoms with Gasteiger partial charge in [0.25, 0.3) is 0 Å². The van der Waals surface area contributed by atoms with Crippen molar-refractivity contribution in [2.24, 2.45) is 5.10 Å². The molecule has 3 heterocycles. The Morgan fingerprint density at radius 1 is 1.19 bits per heavy atom. The molecule has 180 valence electrons. The Kier molecular flexibility index (Phi) is 6.64. The highest BCUT2D eigenvalue weighted by Crippen LogP contribution is 2.24. The molecule has 1 aliphatic heterocycles. The van der Waals surface area contributed by atoms with Gasteiger partial charge in [0, 0.05) is 18.7 Å². The van der Waals surface area contributed by atoms with Gasteiger partial charge >= 0.3 is 0 Å². The van der Waals surface area contributed by atoms with Crippen molar-refractivity contribution in [2.45, 2.75) is 13.5 Å². The van der Waals surface area contributed by atoms with E-state index in [9.17, 15) is 4.79 Å². The number of hydrogen-bond acceptors (Lipinski definition) is 9. The summed E-state index contributed by atoms with van der Waals surface area (Å²) in [5.74, 6) is 0.860. The molecule has 10 heteroatoms. The molecule has 0 radical (unpaired) electrons. The van der Waals surface area contributed by atoms with E-state index in [2.05, 4.69) is 26.6 Å². The van der Waals surface area contributed by atoms with Crippen LogP contribution in [0, 0.1) is 18.3 Å². The summed E-state index contributed by atoms with van der Waals surface area (Å²) < 4.78 is 7.18. The van der Waals surface area contributed by atoms with E-state index in [0.717, 1.165) is 11.1 Å². The fourth-order valence-electron chi connectivity index (χ4n) is 3.93. The summed E-state index contributed by atoms with van der Waals surface area (Å²) in [6, 6.07) is 16.6. The third kappa shape index (κ3) is 5.06. The number of anilines is 2. The SMILES string of the molecule is Cc1cccc(C=NNc2nc(N3CCOCC3)nc3c2ncn3CC(=O)c2ccc(C#N)cc2)c1. The number of nitriles is 1. The molecule has 1 fully saturated rings. The molecule has 0 spiro atoms. The molecule has 36 heavy (non-hydrogen) atoms. The zero-order valence-electron chi connectivity index (χ0n) is 19.8. The Balaban J connectivity index is 1.46. The second-order valence-corrected chi connectivity index (χ2v) is 8.41. The van der Waals surface area contributed by atoms with Crippen LogP contribution in [0.3, 0.4) is 0 Å². The molecule has 5 rings (SSSR count). The number of morpholine rings is 1. The van der Waals surface area contributed by atoms with Gasteiger partial charge in [-0.3, -0.25) is 10.2 Å². The summed E-state index contributed by atoms with van der Waals surface area (Å²) in [6.45, 7) is 4.58. The number of carbonyl (C=O) groups is 1. The number of hydrazone groups is 1. The van der Waals surface area contributed by atoms with E-state index in [1.54, 1.807) is 41.4 Å². The quantitative estimate of drug-likeness (QED) is 0.243. The molecule has 1 N–H and O–H groups in total. The molecule has 0 saturated carbocycles. The van der Waals surface area contributed by atoms with Crippen LogP contribution in [0.1, 0.15) is 27.0 Å². The van der Waals surface area contributed by atoms with Gasteiger partial charge in [0.15, 0.2) is 22.8 Å². The Hall–Kier alpha value is -4.62. The fraction of sp³-hybridized carbons (Fsp3) is 0.231. The summed E-state index contributed by atoms with van der Waals surface area (Å²) in [7, 11) is 0. The van der Waals surface area contributed by atoms with Gasteiger partial charge in [0.05, 0.1) is 43.9 Å². The maximum Gasteiger partial charge on any atom is 0.229 e. The number of Topliss-reactive ketones (excluding diaryl/α,β-unsaturated/α-hetero) is 1. The number of carbonyl (C=O) groups excluding carboxylic acids is 1. The third-order valence-electron chi connectivity index (χ3n) is 5.82. The number of benzene rings is 2. The smallest absolute Gasteiger partial charge is 0.229 e. The van der Waals surface area contributed by atoms with Gasteiger partial charge in [0.2, 0.25) is 5.95 Å². The average Bonchev–Trinajstić information content (AvgIpc) is 3.32. The third-order valence-corrected chi connectivity index (χ3v) is 5.82. The normalized spacial score (nSPS) is 13.7. The monoisotopic (exact) mass is 480 g/mol. The zero-order chi connectivity index (χ0) is 24.9. The van der Waals surface area contributed by atoms with E-state index >= 15 is 0 Å². The van der Waals surface area contributed by atoms with E-state index in [1.807, 2.05) is 36.1 Å². The summed E-state index contributed by atoms with van der Waals surface area (Å²) in [5, 5.41) is 13.4. The number of ether oxygens (including phenoxy) is 1. The van der Waals surface area contributed by atoms with Crippen LogP contribution in [0.15, 0.2) is 60.0 Å².